The van der Waals surface area contributed by atoms with Gasteiger partial charge < -0.3 is 5.32 Å². The summed E-state index contributed by atoms with van der Waals surface area (Å²) in [4.78, 5) is 9.28. The van der Waals surface area contributed by atoms with Crippen molar-refractivity contribution in [2.45, 2.75) is 19.4 Å². The zero-order valence-corrected chi connectivity index (χ0v) is 12.2. The largest absolute Gasteiger partial charge is 0.305 e. The van der Waals surface area contributed by atoms with Crippen LogP contribution >= 0.6 is 11.3 Å². The number of hydrogen-bond acceptors (Lipinski definition) is 4. The van der Waals surface area contributed by atoms with Crippen molar-refractivity contribution in [2.24, 2.45) is 0 Å². The minimum atomic E-state index is 0.123. The maximum absolute atomic E-state index is 4.76. The molecule has 4 heteroatoms. The fourth-order valence-electron chi connectivity index (χ4n) is 2.23. The third-order valence-electron chi connectivity index (χ3n) is 3.24. The SMILES string of the molecule is CCCNC(c1ccsc1)c1cnc2ccccc2n1. The van der Waals surface area contributed by atoms with Gasteiger partial charge in [0.25, 0.3) is 0 Å². The Morgan fingerprint density at radius 1 is 1.20 bits per heavy atom. The zero-order chi connectivity index (χ0) is 13.8. The molecule has 20 heavy (non-hydrogen) atoms. The van der Waals surface area contributed by atoms with Crippen molar-refractivity contribution in [1.82, 2.24) is 15.3 Å². The van der Waals surface area contributed by atoms with Crippen LogP contribution in [0.4, 0.5) is 0 Å². The van der Waals surface area contributed by atoms with E-state index >= 15 is 0 Å². The van der Waals surface area contributed by atoms with Gasteiger partial charge in [0.2, 0.25) is 0 Å². The van der Waals surface area contributed by atoms with Crippen molar-refractivity contribution in [3.05, 3.63) is 58.5 Å². The van der Waals surface area contributed by atoms with Crippen LogP contribution in [0.25, 0.3) is 11.0 Å². The van der Waals surface area contributed by atoms with E-state index in [2.05, 4.69) is 34.1 Å². The molecule has 1 N–H and O–H groups in total. The molecule has 3 nitrogen and oxygen atoms in total. The van der Waals surface area contributed by atoms with E-state index in [1.165, 1.54) is 5.56 Å². The van der Waals surface area contributed by atoms with Crippen molar-refractivity contribution in [3.8, 4) is 0 Å². The van der Waals surface area contributed by atoms with E-state index in [0.717, 1.165) is 29.7 Å². The number of thiophene rings is 1. The van der Waals surface area contributed by atoms with Gasteiger partial charge in [-0.25, -0.2) is 4.98 Å². The summed E-state index contributed by atoms with van der Waals surface area (Å²) in [5.74, 6) is 0. The molecule has 3 rings (SSSR count). The Balaban J connectivity index is 1.99. The Kier molecular flexibility index (Phi) is 4.04. The third kappa shape index (κ3) is 2.71. The van der Waals surface area contributed by atoms with E-state index in [9.17, 15) is 0 Å². The minimum absolute atomic E-state index is 0.123. The van der Waals surface area contributed by atoms with E-state index < -0.39 is 0 Å². The van der Waals surface area contributed by atoms with Crippen LogP contribution in [0.1, 0.15) is 30.6 Å². The zero-order valence-electron chi connectivity index (χ0n) is 11.4. The van der Waals surface area contributed by atoms with Gasteiger partial charge in [0.1, 0.15) is 0 Å². The number of para-hydroxylation sites is 2. The van der Waals surface area contributed by atoms with Crippen molar-refractivity contribution >= 4 is 22.4 Å². The standard InChI is InChI=1S/C16H17N3S/c1-2-8-17-16(12-7-9-20-11-12)15-10-18-13-5-3-4-6-14(13)19-15/h3-7,9-11,16-17H,2,8H2,1H3. The van der Waals surface area contributed by atoms with Crippen molar-refractivity contribution in [3.63, 3.8) is 0 Å². The number of rotatable bonds is 5. The van der Waals surface area contributed by atoms with Gasteiger partial charge >= 0.3 is 0 Å². The molecular formula is C16H17N3S. The predicted molar refractivity (Wildman–Crippen MR) is 84.0 cm³/mol. The summed E-state index contributed by atoms with van der Waals surface area (Å²) in [6, 6.07) is 10.3. The predicted octanol–water partition coefficient (Wildman–Crippen LogP) is 3.78. The Morgan fingerprint density at radius 3 is 2.80 bits per heavy atom. The van der Waals surface area contributed by atoms with Crippen LogP contribution in [0.2, 0.25) is 0 Å². The molecule has 0 aliphatic heterocycles. The molecule has 0 aliphatic carbocycles. The molecule has 102 valence electrons. The van der Waals surface area contributed by atoms with Gasteiger partial charge in [-0.3, -0.25) is 4.98 Å². The monoisotopic (exact) mass is 283 g/mol. The summed E-state index contributed by atoms with van der Waals surface area (Å²) >= 11 is 1.71. The highest BCUT2D eigenvalue weighted by molar-refractivity contribution is 7.08. The topological polar surface area (TPSA) is 37.8 Å². The van der Waals surface area contributed by atoms with Gasteiger partial charge in [0.15, 0.2) is 0 Å². The van der Waals surface area contributed by atoms with Gasteiger partial charge in [-0.05, 0) is 47.5 Å². The number of aromatic nitrogens is 2. The molecular weight excluding hydrogens is 266 g/mol. The lowest BCUT2D eigenvalue weighted by Gasteiger charge is -2.17. The number of nitrogens with one attached hydrogen (secondary N) is 1. The maximum atomic E-state index is 4.76. The van der Waals surface area contributed by atoms with Gasteiger partial charge in [-0.15, -0.1) is 0 Å². The molecule has 1 atom stereocenters. The quantitative estimate of drug-likeness (QED) is 0.774. The highest BCUT2D eigenvalue weighted by Gasteiger charge is 2.16. The third-order valence-corrected chi connectivity index (χ3v) is 3.94. The fraction of sp³-hybridized carbons (Fsp3) is 0.250. The Bertz CT molecular complexity index is 679. The molecule has 2 aromatic heterocycles. The second-order valence-corrected chi connectivity index (χ2v) is 5.51. The van der Waals surface area contributed by atoms with Gasteiger partial charge in [0.05, 0.1) is 29.0 Å². The van der Waals surface area contributed by atoms with Crippen LogP contribution in [0.15, 0.2) is 47.3 Å². The van der Waals surface area contributed by atoms with Crippen LogP contribution in [-0.2, 0) is 0 Å². The summed E-state index contributed by atoms with van der Waals surface area (Å²) in [6.45, 7) is 3.14. The fourth-order valence-corrected chi connectivity index (χ4v) is 2.92. The molecule has 0 bridgehead atoms. The summed E-state index contributed by atoms with van der Waals surface area (Å²) in [5, 5.41) is 7.83. The number of fused-ring (bicyclic) bond motifs is 1. The average molecular weight is 283 g/mol. The van der Waals surface area contributed by atoms with E-state index in [1.54, 1.807) is 11.3 Å². The lowest BCUT2D eigenvalue weighted by Crippen LogP contribution is -2.23. The van der Waals surface area contributed by atoms with Crippen LogP contribution in [0.5, 0.6) is 0 Å². The van der Waals surface area contributed by atoms with Crippen LogP contribution in [0, 0.1) is 0 Å². The highest BCUT2D eigenvalue weighted by Crippen LogP contribution is 2.23. The number of benzene rings is 1. The van der Waals surface area contributed by atoms with E-state index in [4.69, 9.17) is 4.98 Å². The number of nitrogens with zero attached hydrogens (tertiary/aromatic N) is 2. The molecule has 0 aliphatic rings. The first kappa shape index (κ1) is 13.2. The van der Waals surface area contributed by atoms with E-state index in [1.807, 2.05) is 30.5 Å². The first-order valence-corrected chi connectivity index (χ1v) is 7.80. The summed E-state index contributed by atoms with van der Waals surface area (Å²) in [6.07, 6.45) is 2.98. The molecule has 0 saturated heterocycles. The molecule has 0 radical (unpaired) electrons. The van der Waals surface area contributed by atoms with E-state index in [0.29, 0.717) is 0 Å². The van der Waals surface area contributed by atoms with Crippen LogP contribution < -0.4 is 5.32 Å². The second kappa shape index (κ2) is 6.11. The van der Waals surface area contributed by atoms with Gasteiger partial charge in [-0.2, -0.15) is 11.3 Å². The Hall–Kier alpha value is -1.78. The molecule has 1 aromatic carbocycles. The Labute approximate surface area is 122 Å². The average Bonchev–Trinajstić information content (AvgIpc) is 3.02. The minimum Gasteiger partial charge on any atom is -0.305 e. The van der Waals surface area contributed by atoms with Crippen molar-refractivity contribution < 1.29 is 0 Å². The highest BCUT2D eigenvalue weighted by atomic mass is 32.1. The van der Waals surface area contributed by atoms with Crippen LogP contribution in [-0.4, -0.2) is 16.5 Å². The van der Waals surface area contributed by atoms with Crippen molar-refractivity contribution in [2.75, 3.05) is 6.54 Å². The molecule has 0 amide bonds. The molecule has 3 aromatic rings. The summed E-state index contributed by atoms with van der Waals surface area (Å²) in [7, 11) is 0. The van der Waals surface area contributed by atoms with Crippen LogP contribution in [0.3, 0.4) is 0 Å². The summed E-state index contributed by atoms with van der Waals surface area (Å²) < 4.78 is 0. The normalized spacial score (nSPS) is 12.7. The maximum Gasteiger partial charge on any atom is 0.0890 e. The number of hydrogen-bond donors (Lipinski definition) is 1. The van der Waals surface area contributed by atoms with Crippen molar-refractivity contribution in [1.29, 1.82) is 0 Å². The molecule has 0 fully saturated rings. The first-order valence-electron chi connectivity index (χ1n) is 6.85. The van der Waals surface area contributed by atoms with E-state index in [-0.39, 0.29) is 6.04 Å². The van der Waals surface area contributed by atoms with Gasteiger partial charge in [-0.1, -0.05) is 19.1 Å². The Morgan fingerprint density at radius 2 is 2.05 bits per heavy atom. The lowest BCUT2D eigenvalue weighted by molar-refractivity contribution is 0.588. The summed E-state index contributed by atoms with van der Waals surface area (Å²) in [5.41, 5.74) is 4.13. The van der Waals surface area contributed by atoms with Gasteiger partial charge in [0, 0.05) is 0 Å². The molecule has 0 spiro atoms. The smallest absolute Gasteiger partial charge is 0.0890 e. The first-order chi connectivity index (χ1) is 9.88. The lowest BCUT2D eigenvalue weighted by atomic mass is 10.1. The molecule has 0 saturated carbocycles. The second-order valence-electron chi connectivity index (χ2n) is 4.73. The molecule has 2 heterocycles. The molecule has 1 unspecified atom stereocenters.